The largest absolute Gasteiger partial charge is 0.481 e. The number of hydrogen-bond acceptors (Lipinski definition) is 4. The smallest absolute Gasteiger partial charge is 0.407 e. The van der Waals surface area contributed by atoms with Crippen molar-refractivity contribution in [2.75, 3.05) is 13.2 Å². The summed E-state index contributed by atoms with van der Waals surface area (Å²) in [6.07, 6.45) is 0.988. The molecule has 2 aromatic carbocycles. The molecule has 7 nitrogen and oxygen atoms in total. The maximum atomic E-state index is 12.4. The average molecular weight is 451 g/mol. The molecule has 3 N–H and O–H groups in total. The standard InChI is InChI=1S/C26H30N2O5/c1-3-26(2,24(30)31)15-27-23(29)16-12-17(13-16)28-25(32)33-14-22-20-10-6-4-8-18(20)19-9-5-7-11-21(19)22/h4-11,16-17,22H,3,12-15H2,1-2H3,(H,27,29)(H,28,32)(H,30,31). The van der Waals surface area contributed by atoms with Crippen molar-refractivity contribution in [3.8, 4) is 11.1 Å². The summed E-state index contributed by atoms with van der Waals surface area (Å²) in [7, 11) is 0. The van der Waals surface area contributed by atoms with Gasteiger partial charge in [-0.2, -0.15) is 0 Å². The molecule has 174 valence electrons. The van der Waals surface area contributed by atoms with Gasteiger partial charge in [0.2, 0.25) is 5.91 Å². The van der Waals surface area contributed by atoms with E-state index in [1.54, 1.807) is 13.8 Å². The highest BCUT2D eigenvalue weighted by molar-refractivity contribution is 5.82. The van der Waals surface area contributed by atoms with Crippen LogP contribution in [-0.4, -0.2) is 42.3 Å². The van der Waals surface area contributed by atoms with E-state index >= 15 is 0 Å². The van der Waals surface area contributed by atoms with Crippen LogP contribution in [0.2, 0.25) is 0 Å². The highest BCUT2D eigenvalue weighted by Crippen LogP contribution is 2.44. The molecule has 1 fully saturated rings. The first-order chi connectivity index (χ1) is 15.8. The lowest BCUT2D eigenvalue weighted by atomic mass is 9.79. The van der Waals surface area contributed by atoms with Gasteiger partial charge in [-0.3, -0.25) is 9.59 Å². The Hall–Kier alpha value is -3.35. The molecule has 2 aliphatic carbocycles. The number of hydrogen-bond donors (Lipinski definition) is 3. The predicted octanol–water partition coefficient (Wildman–Crippen LogP) is 3.92. The number of nitrogens with one attached hydrogen (secondary N) is 2. The molecule has 2 aliphatic rings. The molecule has 1 unspecified atom stereocenters. The number of alkyl carbamates (subject to hydrolysis) is 1. The van der Waals surface area contributed by atoms with Gasteiger partial charge in [0.05, 0.1) is 5.41 Å². The summed E-state index contributed by atoms with van der Waals surface area (Å²) in [6.45, 7) is 3.76. The monoisotopic (exact) mass is 450 g/mol. The lowest BCUT2D eigenvalue weighted by molar-refractivity contribution is -0.148. The van der Waals surface area contributed by atoms with Gasteiger partial charge in [0.1, 0.15) is 6.61 Å². The first kappa shape index (κ1) is 22.8. The van der Waals surface area contributed by atoms with Gasteiger partial charge in [0.25, 0.3) is 0 Å². The normalized spacial score (nSPS) is 20.5. The minimum absolute atomic E-state index is 0.00479. The molecule has 33 heavy (non-hydrogen) atoms. The summed E-state index contributed by atoms with van der Waals surface area (Å²) in [5.74, 6) is -1.31. The lowest BCUT2D eigenvalue weighted by Crippen LogP contribution is -2.51. The molecule has 4 rings (SSSR count). The number of fused-ring (bicyclic) bond motifs is 3. The molecule has 0 aromatic heterocycles. The molecule has 1 saturated carbocycles. The fourth-order valence-corrected chi connectivity index (χ4v) is 4.53. The van der Waals surface area contributed by atoms with E-state index in [1.807, 2.05) is 24.3 Å². The summed E-state index contributed by atoms with van der Waals surface area (Å²) < 4.78 is 5.56. The third-order valence-electron chi connectivity index (χ3n) is 7.12. The number of aliphatic carboxylic acids is 1. The van der Waals surface area contributed by atoms with Crippen molar-refractivity contribution in [3.63, 3.8) is 0 Å². The quantitative estimate of drug-likeness (QED) is 0.565. The number of rotatable bonds is 8. The van der Waals surface area contributed by atoms with E-state index in [4.69, 9.17) is 4.74 Å². The van der Waals surface area contributed by atoms with E-state index in [1.165, 1.54) is 11.1 Å². The maximum absolute atomic E-state index is 12.4. The first-order valence-corrected chi connectivity index (χ1v) is 11.4. The van der Waals surface area contributed by atoms with Gasteiger partial charge in [-0.05, 0) is 48.4 Å². The van der Waals surface area contributed by atoms with Gasteiger partial charge in [-0.1, -0.05) is 55.5 Å². The summed E-state index contributed by atoms with van der Waals surface area (Å²) in [5, 5.41) is 14.9. The minimum atomic E-state index is -0.974. The number of carbonyl (C=O) groups excluding carboxylic acids is 2. The molecule has 0 spiro atoms. The topological polar surface area (TPSA) is 105 Å². The van der Waals surface area contributed by atoms with Crippen molar-refractivity contribution in [2.24, 2.45) is 11.3 Å². The Morgan fingerprint density at radius 2 is 1.61 bits per heavy atom. The second-order valence-electron chi connectivity index (χ2n) is 9.27. The predicted molar refractivity (Wildman–Crippen MR) is 124 cm³/mol. The van der Waals surface area contributed by atoms with E-state index in [9.17, 15) is 19.5 Å². The Morgan fingerprint density at radius 1 is 1.03 bits per heavy atom. The van der Waals surface area contributed by atoms with Gasteiger partial charge in [-0.15, -0.1) is 0 Å². The highest BCUT2D eigenvalue weighted by Gasteiger charge is 2.38. The average Bonchev–Trinajstić information content (AvgIpc) is 3.11. The molecule has 0 aliphatic heterocycles. The third kappa shape index (κ3) is 4.58. The molecule has 0 bridgehead atoms. The van der Waals surface area contributed by atoms with E-state index in [0.717, 1.165) is 11.1 Å². The SMILES string of the molecule is CCC(C)(CNC(=O)C1CC(NC(=O)OCC2c3ccccc3-c3ccccc32)C1)C(=O)O. The zero-order chi connectivity index (χ0) is 23.6. The minimum Gasteiger partial charge on any atom is -0.481 e. The number of ether oxygens (including phenoxy) is 1. The molecular weight excluding hydrogens is 420 g/mol. The molecule has 0 saturated heterocycles. The molecule has 2 amide bonds. The molecule has 7 heteroatoms. The van der Waals surface area contributed by atoms with Crippen LogP contribution in [-0.2, 0) is 14.3 Å². The number of carboxylic acid groups (broad SMARTS) is 1. The van der Waals surface area contributed by atoms with Crippen LogP contribution in [0.25, 0.3) is 11.1 Å². The summed E-state index contributed by atoms with van der Waals surface area (Å²) in [5.41, 5.74) is 3.70. The van der Waals surface area contributed by atoms with Crippen LogP contribution in [0.15, 0.2) is 48.5 Å². The summed E-state index contributed by atoms with van der Waals surface area (Å²) in [4.78, 5) is 36.1. The molecule has 1 atom stereocenters. The zero-order valence-electron chi connectivity index (χ0n) is 19.0. The molecule has 2 aromatic rings. The fraction of sp³-hybridized carbons (Fsp3) is 0.423. The van der Waals surface area contributed by atoms with Crippen LogP contribution < -0.4 is 10.6 Å². The van der Waals surface area contributed by atoms with E-state index in [0.29, 0.717) is 19.3 Å². The van der Waals surface area contributed by atoms with Gasteiger partial charge < -0.3 is 20.5 Å². The number of benzene rings is 2. The van der Waals surface area contributed by atoms with Crippen molar-refractivity contribution >= 4 is 18.0 Å². The van der Waals surface area contributed by atoms with E-state index < -0.39 is 17.5 Å². The Kier molecular flexibility index (Phi) is 6.40. The Balaban J connectivity index is 1.24. The van der Waals surface area contributed by atoms with Crippen LogP contribution in [0.4, 0.5) is 4.79 Å². The maximum Gasteiger partial charge on any atom is 0.407 e. The highest BCUT2D eigenvalue weighted by atomic mass is 16.5. The van der Waals surface area contributed by atoms with Crippen molar-refractivity contribution in [3.05, 3.63) is 59.7 Å². The number of carboxylic acids is 1. The van der Waals surface area contributed by atoms with E-state index in [2.05, 4.69) is 34.9 Å². The van der Waals surface area contributed by atoms with Crippen LogP contribution in [0.1, 0.15) is 50.2 Å². The van der Waals surface area contributed by atoms with Crippen molar-refractivity contribution in [1.29, 1.82) is 0 Å². The van der Waals surface area contributed by atoms with Gasteiger partial charge in [0, 0.05) is 24.4 Å². The second kappa shape index (κ2) is 9.25. The van der Waals surface area contributed by atoms with Crippen LogP contribution in [0.3, 0.4) is 0 Å². The van der Waals surface area contributed by atoms with Crippen LogP contribution >= 0.6 is 0 Å². The van der Waals surface area contributed by atoms with Crippen LogP contribution in [0.5, 0.6) is 0 Å². The summed E-state index contributed by atoms with van der Waals surface area (Å²) >= 11 is 0. The number of amides is 2. The van der Waals surface area contributed by atoms with E-state index in [-0.39, 0.29) is 36.9 Å². The van der Waals surface area contributed by atoms with Crippen molar-refractivity contribution in [2.45, 2.75) is 45.1 Å². The number of carbonyl (C=O) groups is 3. The van der Waals surface area contributed by atoms with Gasteiger partial charge in [0.15, 0.2) is 0 Å². The van der Waals surface area contributed by atoms with Gasteiger partial charge in [-0.25, -0.2) is 4.79 Å². The molecule has 0 radical (unpaired) electrons. The molecule has 0 heterocycles. The van der Waals surface area contributed by atoms with Crippen molar-refractivity contribution < 1.29 is 24.2 Å². The lowest BCUT2D eigenvalue weighted by Gasteiger charge is -2.35. The molecular formula is C26H30N2O5. The van der Waals surface area contributed by atoms with Gasteiger partial charge >= 0.3 is 12.1 Å². The Labute approximate surface area is 193 Å². The first-order valence-electron chi connectivity index (χ1n) is 11.4. The summed E-state index contributed by atoms with van der Waals surface area (Å²) in [6, 6.07) is 16.2. The fourth-order valence-electron chi connectivity index (χ4n) is 4.53. The third-order valence-corrected chi connectivity index (χ3v) is 7.12. The van der Waals surface area contributed by atoms with Crippen molar-refractivity contribution in [1.82, 2.24) is 10.6 Å². The zero-order valence-corrected chi connectivity index (χ0v) is 19.0. The second-order valence-corrected chi connectivity index (χ2v) is 9.27. The Morgan fingerprint density at radius 3 is 2.15 bits per heavy atom. The Bertz CT molecular complexity index is 1020. The van der Waals surface area contributed by atoms with Crippen LogP contribution in [0, 0.1) is 11.3 Å².